The first kappa shape index (κ1) is 16.4. The van der Waals surface area contributed by atoms with Crippen molar-refractivity contribution in [2.45, 2.75) is 6.10 Å². The van der Waals surface area contributed by atoms with Gasteiger partial charge in [0.25, 0.3) is 0 Å². The van der Waals surface area contributed by atoms with Gasteiger partial charge in [0.05, 0.1) is 32.5 Å². The minimum absolute atomic E-state index is 0.120. The van der Waals surface area contributed by atoms with Gasteiger partial charge in [-0.15, -0.1) is 0 Å². The van der Waals surface area contributed by atoms with Crippen LogP contribution in [0.25, 0.3) is 0 Å². The molecule has 0 aliphatic carbocycles. The average molecular weight is 429 g/mol. The lowest BCUT2D eigenvalue weighted by Crippen LogP contribution is -2.12. The van der Waals surface area contributed by atoms with Gasteiger partial charge in [0.1, 0.15) is 0 Å². The van der Waals surface area contributed by atoms with Gasteiger partial charge in [-0.2, -0.15) is 0 Å². The number of ether oxygens (including phenoxy) is 3. The summed E-state index contributed by atoms with van der Waals surface area (Å²) in [6.07, 6.45) is 0.120. The Labute approximate surface area is 130 Å². The van der Waals surface area contributed by atoms with Crippen molar-refractivity contribution < 1.29 is 14.2 Å². The normalized spacial score (nSPS) is 12.6. The minimum atomic E-state index is 0.120. The molecule has 0 saturated heterocycles. The number of hydrogen-bond acceptors (Lipinski definition) is 3. The second kappa shape index (κ2) is 10.1. The first-order valence-electron chi connectivity index (χ1n) is 5.77. The molecule has 0 aliphatic rings. The van der Waals surface area contributed by atoms with Crippen molar-refractivity contribution in [1.29, 1.82) is 0 Å². The molecule has 0 aliphatic heterocycles. The maximum Gasteiger partial charge on any atom is 0.0915 e. The lowest BCUT2D eigenvalue weighted by atomic mass is 10.1. The quantitative estimate of drug-likeness (QED) is 0.341. The van der Waals surface area contributed by atoms with E-state index in [2.05, 4.69) is 50.7 Å². The molecular weight excluding hydrogens is 411 g/mol. The Bertz CT molecular complexity index is 336. The fraction of sp³-hybridized carbons (Fsp3) is 0.538. The van der Waals surface area contributed by atoms with E-state index in [-0.39, 0.29) is 6.10 Å². The van der Waals surface area contributed by atoms with Gasteiger partial charge in [0, 0.05) is 16.0 Å². The summed E-state index contributed by atoms with van der Waals surface area (Å²) in [6, 6.07) is 8.22. The monoisotopic (exact) mass is 428 g/mol. The molecule has 18 heavy (non-hydrogen) atoms. The molecule has 1 atom stereocenters. The van der Waals surface area contributed by atoms with Gasteiger partial charge < -0.3 is 14.2 Å². The molecule has 0 fully saturated rings. The molecule has 0 N–H and O–H groups in total. The predicted octanol–water partition coefficient (Wildman–Crippen LogP) is 3.60. The van der Waals surface area contributed by atoms with Crippen LogP contribution < -0.4 is 0 Å². The number of rotatable bonds is 9. The Hall–Kier alpha value is 0.310. The molecule has 1 aromatic rings. The van der Waals surface area contributed by atoms with E-state index in [1.54, 1.807) is 7.11 Å². The Morgan fingerprint density at radius 2 is 2.00 bits per heavy atom. The van der Waals surface area contributed by atoms with E-state index in [9.17, 15) is 0 Å². The minimum Gasteiger partial charge on any atom is -0.382 e. The van der Waals surface area contributed by atoms with Crippen LogP contribution in [0.2, 0.25) is 0 Å². The molecule has 102 valence electrons. The van der Waals surface area contributed by atoms with Gasteiger partial charge in [-0.25, -0.2) is 0 Å². The third-order valence-electron chi connectivity index (χ3n) is 2.34. The zero-order valence-corrected chi connectivity index (χ0v) is 14.1. The summed E-state index contributed by atoms with van der Waals surface area (Å²) >= 11 is 5.81. The molecule has 0 radical (unpaired) electrons. The maximum absolute atomic E-state index is 5.82. The fourth-order valence-corrected chi connectivity index (χ4v) is 2.61. The van der Waals surface area contributed by atoms with Crippen molar-refractivity contribution in [2.24, 2.45) is 0 Å². The van der Waals surface area contributed by atoms with Crippen molar-refractivity contribution in [2.75, 3.05) is 38.0 Å². The van der Waals surface area contributed by atoms with Crippen LogP contribution in [-0.2, 0) is 14.2 Å². The van der Waals surface area contributed by atoms with Crippen molar-refractivity contribution in [3.63, 3.8) is 0 Å². The SMILES string of the molecule is COCCOCCOC(CI)c1cccc(Br)c1. The van der Waals surface area contributed by atoms with Crippen LogP contribution in [-0.4, -0.2) is 38.0 Å². The molecule has 1 unspecified atom stereocenters. The van der Waals surface area contributed by atoms with E-state index < -0.39 is 0 Å². The average Bonchev–Trinajstić information content (AvgIpc) is 2.38. The van der Waals surface area contributed by atoms with Crippen LogP contribution in [0.5, 0.6) is 0 Å². The number of halogens is 2. The number of hydrogen-bond donors (Lipinski definition) is 0. The van der Waals surface area contributed by atoms with Crippen LogP contribution in [0.15, 0.2) is 28.7 Å². The van der Waals surface area contributed by atoms with E-state index >= 15 is 0 Å². The van der Waals surface area contributed by atoms with Gasteiger partial charge in [-0.1, -0.05) is 50.7 Å². The number of alkyl halides is 1. The van der Waals surface area contributed by atoms with Crippen LogP contribution >= 0.6 is 38.5 Å². The zero-order chi connectivity index (χ0) is 13.2. The zero-order valence-electron chi connectivity index (χ0n) is 10.4. The lowest BCUT2D eigenvalue weighted by molar-refractivity contribution is 0.00121. The van der Waals surface area contributed by atoms with Gasteiger partial charge in [-0.05, 0) is 17.7 Å². The van der Waals surface area contributed by atoms with Crippen molar-refractivity contribution in [1.82, 2.24) is 0 Å². The Balaban J connectivity index is 2.29. The Morgan fingerprint density at radius 3 is 2.67 bits per heavy atom. The van der Waals surface area contributed by atoms with Crippen molar-refractivity contribution >= 4 is 38.5 Å². The first-order chi connectivity index (χ1) is 8.77. The third-order valence-corrected chi connectivity index (χ3v) is 3.63. The summed E-state index contributed by atoms with van der Waals surface area (Å²) in [5.41, 5.74) is 1.19. The highest BCUT2D eigenvalue weighted by Crippen LogP contribution is 2.23. The molecule has 0 spiro atoms. The summed E-state index contributed by atoms with van der Waals surface area (Å²) in [5, 5.41) is 0. The van der Waals surface area contributed by atoms with E-state index in [4.69, 9.17) is 14.2 Å². The molecule has 0 bridgehead atoms. The van der Waals surface area contributed by atoms with Gasteiger partial charge >= 0.3 is 0 Å². The molecule has 0 heterocycles. The highest BCUT2D eigenvalue weighted by molar-refractivity contribution is 14.1. The highest BCUT2D eigenvalue weighted by Gasteiger charge is 2.10. The summed E-state index contributed by atoms with van der Waals surface area (Å²) in [6.45, 7) is 2.45. The second-order valence-corrected chi connectivity index (χ2v) is 5.47. The number of methoxy groups -OCH3 is 1. The lowest BCUT2D eigenvalue weighted by Gasteiger charge is -2.16. The fourth-order valence-electron chi connectivity index (χ4n) is 1.43. The summed E-state index contributed by atoms with van der Waals surface area (Å²) < 4.78 is 18.1. The maximum atomic E-state index is 5.82. The second-order valence-electron chi connectivity index (χ2n) is 3.67. The van der Waals surface area contributed by atoms with Gasteiger partial charge in [0.2, 0.25) is 0 Å². The highest BCUT2D eigenvalue weighted by atomic mass is 127. The van der Waals surface area contributed by atoms with Crippen molar-refractivity contribution in [3.8, 4) is 0 Å². The topological polar surface area (TPSA) is 27.7 Å². The van der Waals surface area contributed by atoms with E-state index in [1.807, 2.05) is 12.1 Å². The summed E-state index contributed by atoms with van der Waals surface area (Å²) in [7, 11) is 1.67. The Morgan fingerprint density at radius 1 is 1.22 bits per heavy atom. The van der Waals surface area contributed by atoms with Gasteiger partial charge in [0.15, 0.2) is 0 Å². The summed E-state index contributed by atoms with van der Waals surface area (Å²) in [5.74, 6) is 0. The van der Waals surface area contributed by atoms with Crippen LogP contribution in [0, 0.1) is 0 Å². The van der Waals surface area contributed by atoms with E-state index in [0.29, 0.717) is 26.4 Å². The molecule has 0 amide bonds. The molecule has 0 saturated carbocycles. The molecule has 3 nitrogen and oxygen atoms in total. The molecule has 0 aromatic heterocycles. The number of benzene rings is 1. The summed E-state index contributed by atoms with van der Waals surface area (Å²) in [4.78, 5) is 0. The van der Waals surface area contributed by atoms with Crippen molar-refractivity contribution in [3.05, 3.63) is 34.3 Å². The van der Waals surface area contributed by atoms with Crippen LogP contribution in [0.4, 0.5) is 0 Å². The molecule has 1 aromatic carbocycles. The molecular formula is C13H18BrIO3. The predicted molar refractivity (Wildman–Crippen MR) is 84.4 cm³/mol. The van der Waals surface area contributed by atoms with E-state index in [0.717, 1.165) is 8.90 Å². The molecule has 5 heteroatoms. The van der Waals surface area contributed by atoms with Crippen LogP contribution in [0.1, 0.15) is 11.7 Å². The Kier molecular flexibility index (Phi) is 9.22. The van der Waals surface area contributed by atoms with E-state index in [1.165, 1.54) is 5.56 Å². The first-order valence-corrected chi connectivity index (χ1v) is 8.09. The standard InChI is InChI=1S/C13H18BrIO3/c1-16-5-6-17-7-8-18-13(10-15)11-3-2-4-12(14)9-11/h2-4,9,13H,5-8,10H2,1H3. The smallest absolute Gasteiger partial charge is 0.0915 e. The van der Waals surface area contributed by atoms with Gasteiger partial charge in [-0.3, -0.25) is 0 Å². The molecule has 1 rings (SSSR count). The third kappa shape index (κ3) is 6.47. The van der Waals surface area contributed by atoms with Crippen LogP contribution in [0.3, 0.4) is 0 Å². The largest absolute Gasteiger partial charge is 0.382 e.